The minimum atomic E-state index is -0.297. The fourth-order valence-electron chi connectivity index (χ4n) is 2.75. The molecular weight excluding hydrogens is 276 g/mol. The molecule has 0 spiro atoms. The summed E-state index contributed by atoms with van der Waals surface area (Å²) in [5.41, 5.74) is 4.25. The van der Waals surface area contributed by atoms with Crippen molar-refractivity contribution in [2.45, 2.75) is 20.3 Å². The SMILES string of the molecule is CC(=O)N(C(=O)c1ccc(C)cc1)c1cccc2c1NCC2. The highest BCUT2D eigenvalue weighted by Gasteiger charge is 2.26. The molecule has 4 nitrogen and oxygen atoms in total. The molecule has 0 bridgehead atoms. The van der Waals surface area contributed by atoms with Gasteiger partial charge < -0.3 is 5.32 Å². The molecule has 2 aromatic rings. The molecule has 2 aromatic carbocycles. The minimum Gasteiger partial charge on any atom is -0.383 e. The van der Waals surface area contributed by atoms with Gasteiger partial charge >= 0.3 is 0 Å². The van der Waals surface area contributed by atoms with Crippen LogP contribution in [0.1, 0.15) is 28.4 Å². The predicted molar refractivity (Wildman–Crippen MR) is 87.3 cm³/mol. The van der Waals surface area contributed by atoms with Crippen molar-refractivity contribution in [2.24, 2.45) is 0 Å². The van der Waals surface area contributed by atoms with E-state index in [0.29, 0.717) is 11.3 Å². The Morgan fingerprint density at radius 3 is 2.50 bits per heavy atom. The first kappa shape index (κ1) is 14.3. The van der Waals surface area contributed by atoms with Crippen LogP contribution < -0.4 is 10.2 Å². The zero-order valence-electron chi connectivity index (χ0n) is 12.7. The van der Waals surface area contributed by atoms with Crippen molar-refractivity contribution in [3.63, 3.8) is 0 Å². The third-order valence-corrected chi connectivity index (χ3v) is 3.88. The average Bonchev–Trinajstić information content (AvgIpc) is 2.97. The average molecular weight is 294 g/mol. The van der Waals surface area contributed by atoms with Gasteiger partial charge in [-0.15, -0.1) is 0 Å². The van der Waals surface area contributed by atoms with Gasteiger partial charge in [-0.25, -0.2) is 4.90 Å². The van der Waals surface area contributed by atoms with E-state index in [4.69, 9.17) is 0 Å². The van der Waals surface area contributed by atoms with Crippen LogP contribution in [0.25, 0.3) is 0 Å². The number of nitrogens with one attached hydrogen (secondary N) is 1. The minimum absolute atomic E-state index is 0.285. The molecule has 0 unspecified atom stereocenters. The molecule has 0 fully saturated rings. The van der Waals surface area contributed by atoms with Crippen molar-refractivity contribution in [1.29, 1.82) is 0 Å². The lowest BCUT2D eigenvalue weighted by molar-refractivity contribution is -0.115. The lowest BCUT2D eigenvalue weighted by atomic mass is 10.1. The monoisotopic (exact) mass is 294 g/mol. The highest BCUT2D eigenvalue weighted by molar-refractivity contribution is 6.22. The van der Waals surface area contributed by atoms with E-state index in [-0.39, 0.29) is 11.8 Å². The fourth-order valence-corrected chi connectivity index (χ4v) is 2.75. The van der Waals surface area contributed by atoms with Crippen LogP contribution in [0.2, 0.25) is 0 Å². The number of aryl methyl sites for hydroxylation is 1. The van der Waals surface area contributed by atoms with Gasteiger partial charge in [0.05, 0.1) is 11.4 Å². The molecule has 2 amide bonds. The summed E-state index contributed by atoms with van der Waals surface area (Å²) in [6.45, 7) is 4.21. The maximum absolute atomic E-state index is 12.8. The van der Waals surface area contributed by atoms with Crippen LogP contribution in [0, 0.1) is 6.92 Å². The van der Waals surface area contributed by atoms with E-state index in [1.807, 2.05) is 37.3 Å². The van der Waals surface area contributed by atoms with E-state index < -0.39 is 0 Å². The van der Waals surface area contributed by atoms with E-state index in [9.17, 15) is 9.59 Å². The number of rotatable bonds is 2. The number of hydrogen-bond acceptors (Lipinski definition) is 3. The van der Waals surface area contributed by atoms with Gasteiger partial charge in [0.1, 0.15) is 0 Å². The number of benzene rings is 2. The number of carbonyl (C=O) groups excluding carboxylic acids is 2. The van der Waals surface area contributed by atoms with Gasteiger partial charge in [-0.3, -0.25) is 9.59 Å². The van der Waals surface area contributed by atoms with E-state index in [2.05, 4.69) is 5.32 Å². The predicted octanol–water partition coefficient (Wildman–Crippen LogP) is 3.16. The second-order valence-corrected chi connectivity index (χ2v) is 5.51. The van der Waals surface area contributed by atoms with Crippen LogP contribution in [0.15, 0.2) is 42.5 Å². The molecule has 1 N–H and O–H groups in total. The second kappa shape index (κ2) is 5.64. The van der Waals surface area contributed by atoms with Crippen molar-refractivity contribution in [3.05, 3.63) is 59.2 Å². The standard InChI is InChI=1S/C18H18N2O2/c1-12-6-8-15(9-7-12)18(22)20(13(2)21)16-5-3-4-14-10-11-19-17(14)16/h3-9,19H,10-11H2,1-2H3. The van der Waals surface area contributed by atoms with Crippen LogP contribution in [0.5, 0.6) is 0 Å². The first-order chi connectivity index (χ1) is 10.6. The zero-order chi connectivity index (χ0) is 15.7. The Labute approximate surface area is 129 Å². The normalized spacial score (nSPS) is 12.5. The Kier molecular flexibility index (Phi) is 3.67. The molecule has 4 heteroatoms. The van der Waals surface area contributed by atoms with Crippen LogP contribution in [-0.4, -0.2) is 18.4 Å². The molecule has 1 aliphatic heterocycles. The molecule has 0 atom stereocenters. The van der Waals surface area contributed by atoms with Gasteiger partial charge in [0.25, 0.3) is 5.91 Å². The molecule has 0 aromatic heterocycles. The van der Waals surface area contributed by atoms with Gasteiger partial charge in [-0.05, 0) is 37.1 Å². The smallest absolute Gasteiger partial charge is 0.265 e. The number of fused-ring (bicyclic) bond motifs is 1. The quantitative estimate of drug-likeness (QED) is 0.925. The Morgan fingerprint density at radius 1 is 1.09 bits per heavy atom. The number of nitrogens with zero attached hydrogens (tertiary/aromatic N) is 1. The summed E-state index contributed by atoms with van der Waals surface area (Å²) in [4.78, 5) is 26.1. The molecule has 0 radical (unpaired) electrons. The maximum Gasteiger partial charge on any atom is 0.265 e. The topological polar surface area (TPSA) is 49.4 Å². The molecule has 0 saturated carbocycles. The first-order valence-corrected chi connectivity index (χ1v) is 7.35. The number of carbonyl (C=O) groups is 2. The Hall–Kier alpha value is -2.62. The van der Waals surface area contributed by atoms with Crippen LogP contribution in [0.4, 0.5) is 11.4 Å². The Morgan fingerprint density at radius 2 is 1.82 bits per heavy atom. The van der Waals surface area contributed by atoms with Crippen LogP contribution in [-0.2, 0) is 11.2 Å². The molecule has 1 aliphatic rings. The van der Waals surface area contributed by atoms with Gasteiger partial charge in [0.15, 0.2) is 0 Å². The summed E-state index contributed by atoms with van der Waals surface area (Å²) in [5, 5.41) is 3.27. The summed E-state index contributed by atoms with van der Waals surface area (Å²) in [6.07, 6.45) is 0.910. The highest BCUT2D eigenvalue weighted by Crippen LogP contribution is 2.34. The van der Waals surface area contributed by atoms with E-state index in [1.165, 1.54) is 11.8 Å². The number of para-hydroxylation sites is 1. The van der Waals surface area contributed by atoms with Crippen molar-refractivity contribution < 1.29 is 9.59 Å². The molecule has 0 saturated heterocycles. The van der Waals surface area contributed by atoms with E-state index in [0.717, 1.165) is 29.8 Å². The van der Waals surface area contributed by atoms with Gasteiger partial charge in [-0.2, -0.15) is 0 Å². The Balaban J connectivity index is 2.04. The third kappa shape index (κ3) is 2.48. The number of imide groups is 1. The molecular formula is C18H18N2O2. The number of anilines is 2. The summed E-state index contributed by atoms with van der Waals surface area (Å²) < 4.78 is 0. The molecule has 1 heterocycles. The largest absolute Gasteiger partial charge is 0.383 e. The van der Waals surface area contributed by atoms with Crippen molar-refractivity contribution in [3.8, 4) is 0 Å². The van der Waals surface area contributed by atoms with E-state index >= 15 is 0 Å². The second-order valence-electron chi connectivity index (χ2n) is 5.51. The Bertz CT molecular complexity index is 735. The van der Waals surface area contributed by atoms with Gasteiger partial charge in [0.2, 0.25) is 5.91 Å². The lowest BCUT2D eigenvalue weighted by Crippen LogP contribution is -2.35. The number of amides is 2. The third-order valence-electron chi connectivity index (χ3n) is 3.88. The molecule has 112 valence electrons. The van der Waals surface area contributed by atoms with Gasteiger partial charge in [0, 0.05) is 19.0 Å². The van der Waals surface area contributed by atoms with Crippen molar-refractivity contribution in [1.82, 2.24) is 0 Å². The van der Waals surface area contributed by atoms with Gasteiger partial charge in [-0.1, -0.05) is 29.8 Å². The first-order valence-electron chi connectivity index (χ1n) is 7.35. The van der Waals surface area contributed by atoms with Crippen LogP contribution in [0.3, 0.4) is 0 Å². The molecule has 3 rings (SSSR count). The fraction of sp³-hybridized carbons (Fsp3) is 0.222. The summed E-state index contributed by atoms with van der Waals surface area (Å²) in [6, 6.07) is 13.0. The van der Waals surface area contributed by atoms with Crippen LogP contribution >= 0.6 is 0 Å². The molecule has 0 aliphatic carbocycles. The summed E-state index contributed by atoms with van der Waals surface area (Å²) in [5.74, 6) is -0.581. The number of hydrogen-bond donors (Lipinski definition) is 1. The zero-order valence-corrected chi connectivity index (χ0v) is 12.7. The van der Waals surface area contributed by atoms with E-state index in [1.54, 1.807) is 12.1 Å². The summed E-state index contributed by atoms with van der Waals surface area (Å²) in [7, 11) is 0. The maximum atomic E-state index is 12.8. The van der Waals surface area contributed by atoms with Crippen molar-refractivity contribution in [2.75, 3.05) is 16.8 Å². The molecule has 22 heavy (non-hydrogen) atoms. The highest BCUT2D eigenvalue weighted by atomic mass is 16.2. The van der Waals surface area contributed by atoms with Crippen molar-refractivity contribution >= 4 is 23.2 Å². The lowest BCUT2D eigenvalue weighted by Gasteiger charge is -2.22. The summed E-state index contributed by atoms with van der Waals surface area (Å²) >= 11 is 0.